The van der Waals surface area contributed by atoms with Gasteiger partial charge in [0.2, 0.25) is 5.91 Å². The number of aromatic nitrogens is 2. The van der Waals surface area contributed by atoms with Crippen molar-refractivity contribution in [1.29, 1.82) is 0 Å². The Morgan fingerprint density at radius 3 is 2.16 bits per heavy atom. The van der Waals surface area contributed by atoms with Crippen LogP contribution < -0.4 is 5.32 Å². The lowest BCUT2D eigenvalue weighted by Gasteiger charge is -2.26. The van der Waals surface area contributed by atoms with Crippen molar-refractivity contribution in [3.63, 3.8) is 0 Å². The molecule has 31 heavy (non-hydrogen) atoms. The van der Waals surface area contributed by atoms with E-state index in [9.17, 15) is 9.59 Å². The van der Waals surface area contributed by atoms with E-state index in [1.54, 1.807) is 4.68 Å². The van der Waals surface area contributed by atoms with E-state index in [0.717, 1.165) is 48.4 Å². The van der Waals surface area contributed by atoms with Gasteiger partial charge >= 0.3 is 0 Å². The fraction of sp³-hybridized carbons (Fsp3) is 0.320. The Kier molecular flexibility index (Phi) is 5.89. The van der Waals surface area contributed by atoms with Crippen molar-refractivity contribution >= 4 is 17.6 Å². The lowest BCUT2D eigenvalue weighted by molar-refractivity contribution is -0.114. The molecule has 2 aromatic carbocycles. The lowest BCUT2D eigenvalue weighted by atomic mass is 10.0. The molecule has 3 aromatic rings. The first-order valence-corrected chi connectivity index (χ1v) is 10.8. The summed E-state index contributed by atoms with van der Waals surface area (Å²) in [6.07, 6.45) is 3.33. The van der Waals surface area contributed by atoms with E-state index in [1.807, 2.05) is 67.3 Å². The minimum atomic E-state index is -0.161. The number of nitrogens with one attached hydrogen (secondary N) is 1. The highest BCUT2D eigenvalue weighted by atomic mass is 16.2. The number of likely N-dealkylation sites (tertiary alicyclic amines) is 1. The molecule has 6 heteroatoms. The average Bonchev–Trinajstić information content (AvgIpc) is 3.09. The van der Waals surface area contributed by atoms with E-state index in [1.165, 1.54) is 18.9 Å². The van der Waals surface area contributed by atoms with Gasteiger partial charge in [-0.2, -0.15) is 5.10 Å². The number of anilines is 1. The topological polar surface area (TPSA) is 67.2 Å². The molecule has 1 N–H and O–H groups in total. The van der Waals surface area contributed by atoms with Crippen molar-refractivity contribution < 1.29 is 9.59 Å². The van der Waals surface area contributed by atoms with Gasteiger partial charge in [-0.1, -0.05) is 29.8 Å². The summed E-state index contributed by atoms with van der Waals surface area (Å²) in [5.74, 6) is 0.542. The summed E-state index contributed by atoms with van der Waals surface area (Å²) in [7, 11) is 0. The molecule has 1 saturated heterocycles. The monoisotopic (exact) mass is 416 g/mol. The molecule has 2 heterocycles. The van der Waals surface area contributed by atoms with Gasteiger partial charge in [-0.05, 0) is 62.9 Å². The van der Waals surface area contributed by atoms with E-state index in [2.05, 4.69) is 5.32 Å². The van der Waals surface area contributed by atoms with Crippen molar-refractivity contribution in [2.75, 3.05) is 18.4 Å². The summed E-state index contributed by atoms with van der Waals surface area (Å²) in [4.78, 5) is 26.7. The van der Waals surface area contributed by atoms with Crippen LogP contribution in [0, 0.1) is 13.8 Å². The van der Waals surface area contributed by atoms with Gasteiger partial charge in [-0.15, -0.1) is 0 Å². The van der Waals surface area contributed by atoms with E-state index in [0.29, 0.717) is 11.4 Å². The Bertz CT molecular complexity index is 1090. The van der Waals surface area contributed by atoms with Gasteiger partial charge in [-0.25, -0.2) is 4.68 Å². The SMILES string of the molecule is CC(=O)Nc1c(-c2ccc(C)cc2)c(C)nn1-c1ccc(C(=O)N2CCCCC2)cc1. The molecule has 0 bridgehead atoms. The number of piperidine rings is 1. The normalized spacial score (nSPS) is 13.8. The summed E-state index contributed by atoms with van der Waals surface area (Å²) < 4.78 is 1.74. The zero-order chi connectivity index (χ0) is 22.0. The van der Waals surface area contributed by atoms with Crippen molar-refractivity contribution in [2.45, 2.75) is 40.0 Å². The van der Waals surface area contributed by atoms with E-state index in [-0.39, 0.29) is 11.8 Å². The largest absolute Gasteiger partial charge is 0.339 e. The molecule has 4 rings (SSSR count). The predicted molar refractivity (Wildman–Crippen MR) is 123 cm³/mol. The van der Waals surface area contributed by atoms with Gasteiger partial charge < -0.3 is 10.2 Å². The van der Waals surface area contributed by atoms with Gasteiger partial charge in [0.25, 0.3) is 5.91 Å². The zero-order valence-electron chi connectivity index (χ0n) is 18.3. The standard InChI is InChI=1S/C25H28N4O2/c1-17-7-9-20(10-8-17)23-18(2)27-29(24(23)26-19(3)30)22-13-11-21(12-14-22)25(31)28-15-5-4-6-16-28/h7-14H,4-6,15-16H2,1-3H3,(H,26,30). The molecule has 0 radical (unpaired) electrons. The average molecular weight is 417 g/mol. The van der Waals surface area contributed by atoms with Crippen LogP contribution in [-0.2, 0) is 4.79 Å². The third-order valence-corrected chi connectivity index (χ3v) is 5.70. The highest BCUT2D eigenvalue weighted by Gasteiger charge is 2.21. The fourth-order valence-corrected chi connectivity index (χ4v) is 4.09. The molecule has 0 aliphatic carbocycles. The quantitative estimate of drug-likeness (QED) is 0.668. The van der Waals surface area contributed by atoms with E-state index < -0.39 is 0 Å². The minimum absolute atomic E-state index is 0.0744. The van der Waals surface area contributed by atoms with Crippen molar-refractivity contribution in [2.24, 2.45) is 0 Å². The summed E-state index contributed by atoms with van der Waals surface area (Å²) >= 11 is 0. The van der Waals surface area contributed by atoms with Crippen LogP contribution in [0.1, 0.15) is 47.8 Å². The Morgan fingerprint density at radius 1 is 0.903 bits per heavy atom. The van der Waals surface area contributed by atoms with Crippen LogP contribution in [0.2, 0.25) is 0 Å². The summed E-state index contributed by atoms with van der Waals surface area (Å²) in [5, 5.41) is 7.65. The maximum atomic E-state index is 12.8. The van der Waals surface area contributed by atoms with Crippen LogP contribution in [0.4, 0.5) is 5.82 Å². The molecule has 1 fully saturated rings. The highest BCUT2D eigenvalue weighted by Crippen LogP contribution is 2.33. The van der Waals surface area contributed by atoms with Crippen LogP contribution in [0.25, 0.3) is 16.8 Å². The van der Waals surface area contributed by atoms with Crippen LogP contribution in [0.3, 0.4) is 0 Å². The number of nitrogens with zero attached hydrogens (tertiary/aromatic N) is 3. The third-order valence-electron chi connectivity index (χ3n) is 5.70. The van der Waals surface area contributed by atoms with Gasteiger partial charge in [0.1, 0.15) is 5.82 Å². The second-order valence-corrected chi connectivity index (χ2v) is 8.17. The molecule has 0 saturated carbocycles. The first kappa shape index (κ1) is 20.8. The molecule has 1 aliphatic rings. The number of carbonyl (C=O) groups is 2. The van der Waals surface area contributed by atoms with Gasteiger partial charge in [0.05, 0.1) is 11.4 Å². The van der Waals surface area contributed by atoms with Crippen molar-refractivity contribution in [3.05, 3.63) is 65.4 Å². The summed E-state index contributed by atoms with van der Waals surface area (Å²) in [5.41, 5.74) is 5.35. The number of aryl methyl sites for hydroxylation is 2. The molecular weight excluding hydrogens is 388 g/mol. The summed E-state index contributed by atoms with van der Waals surface area (Å²) in [6.45, 7) is 7.12. The molecule has 160 valence electrons. The molecule has 0 atom stereocenters. The second-order valence-electron chi connectivity index (χ2n) is 8.17. The molecule has 0 unspecified atom stereocenters. The fourth-order valence-electron chi connectivity index (χ4n) is 4.09. The molecule has 0 spiro atoms. The number of hydrogen-bond donors (Lipinski definition) is 1. The van der Waals surface area contributed by atoms with E-state index >= 15 is 0 Å². The van der Waals surface area contributed by atoms with Crippen LogP contribution in [0.5, 0.6) is 0 Å². The zero-order valence-corrected chi connectivity index (χ0v) is 18.3. The Labute approximate surface area is 182 Å². The first-order chi connectivity index (χ1) is 14.9. The molecule has 1 aromatic heterocycles. The van der Waals surface area contributed by atoms with Crippen LogP contribution >= 0.6 is 0 Å². The number of hydrogen-bond acceptors (Lipinski definition) is 3. The summed E-state index contributed by atoms with van der Waals surface area (Å²) in [6, 6.07) is 15.6. The number of carbonyl (C=O) groups excluding carboxylic acids is 2. The van der Waals surface area contributed by atoms with Crippen molar-refractivity contribution in [1.82, 2.24) is 14.7 Å². The molecule has 6 nitrogen and oxygen atoms in total. The number of amides is 2. The Hall–Kier alpha value is -3.41. The van der Waals surface area contributed by atoms with Gasteiger partial charge in [0.15, 0.2) is 0 Å². The van der Waals surface area contributed by atoms with Gasteiger partial charge in [0, 0.05) is 31.1 Å². The Morgan fingerprint density at radius 2 is 1.55 bits per heavy atom. The van der Waals surface area contributed by atoms with Crippen molar-refractivity contribution in [3.8, 4) is 16.8 Å². The second kappa shape index (κ2) is 8.76. The lowest BCUT2D eigenvalue weighted by Crippen LogP contribution is -2.35. The Balaban J connectivity index is 1.70. The minimum Gasteiger partial charge on any atom is -0.339 e. The van der Waals surface area contributed by atoms with Crippen LogP contribution in [0.15, 0.2) is 48.5 Å². The maximum absolute atomic E-state index is 12.8. The smallest absolute Gasteiger partial charge is 0.253 e. The number of benzene rings is 2. The predicted octanol–water partition coefficient (Wildman–Crippen LogP) is 4.74. The molecule has 1 aliphatic heterocycles. The van der Waals surface area contributed by atoms with Gasteiger partial charge in [-0.3, -0.25) is 9.59 Å². The maximum Gasteiger partial charge on any atom is 0.253 e. The van der Waals surface area contributed by atoms with Crippen LogP contribution in [-0.4, -0.2) is 39.6 Å². The first-order valence-electron chi connectivity index (χ1n) is 10.8. The number of rotatable bonds is 4. The van der Waals surface area contributed by atoms with E-state index in [4.69, 9.17) is 5.10 Å². The highest BCUT2D eigenvalue weighted by molar-refractivity contribution is 5.95. The molecular formula is C25H28N4O2. The third kappa shape index (κ3) is 4.38. The molecule has 2 amide bonds.